The molecule has 19 heavy (non-hydrogen) atoms. The fourth-order valence-corrected chi connectivity index (χ4v) is 2.54. The number of primary amides is 1. The topological polar surface area (TPSA) is 72.3 Å². The summed E-state index contributed by atoms with van der Waals surface area (Å²) in [6.45, 7) is 4.75. The molecule has 4 nitrogen and oxygen atoms in total. The maximum atomic E-state index is 11.2. The van der Waals surface area contributed by atoms with Gasteiger partial charge in [-0.15, -0.1) is 0 Å². The minimum Gasteiger partial charge on any atom is -0.368 e. The fourth-order valence-electron chi connectivity index (χ4n) is 2.54. The highest BCUT2D eigenvalue weighted by molar-refractivity contribution is 5.83. The van der Waals surface area contributed by atoms with Gasteiger partial charge in [-0.2, -0.15) is 0 Å². The van der Waals surface area contributed by atoms with E-state index in [0.29, 0.717) is 6.42 Å². The van der Waals surface area contributed by atoms with Gasteiger partial charge in [0.15, 0.2) is 0 Å². The maximum Gasteiger partial charge on any atom is 0.237 e. The van der Waals surface area contributed by atoms with Crippen LogP contribution in [0.5, 0.6) is 0 Å². The number of benzene rings is 1. The zero-order valence-corrected chi connectivity index (χ0v) is 11.6. The Bertz CT molecular complexity index is 456. The van der Waals surface area contributed by atoms with E-state index in [0.717, 1.165) is 32.5 Å². The quantitative estimate of drug-likeness (QED) is 0.831. The van der Waals surface area contributed by atoms with Crippen molar-refractivity contribution in [2.24, 2.45) is 11.5 Å². The van der Waals surface area contributed by atoms with Crippen molar-refractivity contribution in [3.63, 3.8) is 0 Å². The van der Waals surface area contributed by atoms with Crippen LogP contribution in [0.25, 0.3) is 0 Å². The van der Waals surface area contributed by atoms with Gasteiger partial charge in [0.2, 0.25) is 5.91 Å². The van der Waals surface area contributed by atoms with Gasteiger partial charge in [-0.05, 0) is 43.9 Å². The van der Waals surface area contributed by atoms with Crippen LogP contribution < -0.4 is 11.5 Å². The molecule has 4 heteroatoms. The largest absolute Gasteiger partial charge is 0.368 e. The van der Waals surface area contributed by atoms with Crippen LogP contribution in [-0.4, -0.2) is 29.4 Å². The average Bonchev–Trinajstić information content (AvgIpc) is 2.38. The first-order chi connectivity index (χ1) is 8.99. The fraction of sp³-hybridized carbons (Fsp3) is 0.533. The van der Waals surface area contributed by atoms with E-state index in [1.54, 1.807) is 6.92 Å². The second kappa shape index (κ2) is 5.72. The van der Waals surface area contributed by atoms with E-state index in [1.807, 2.05) is 0 Å². The van der Waals surface area contributed by atoms with Crippen LogP contribution in [0.15, 0.2) is 24.3 Å². The Labute approximate surface area is 114 Å². The molecule has 1 amide bonds. The summed E-state index contributed by atoms with van der Waals surface area (Å²) in [5, 5.41) is 0. The summed E-state index contributed by atoms with van der Waals surface area (Å²) in [4.78, 5) is 13.6. The summed E-state index contributed by atoms with van der Waals surface area (Å²) < 4.78 is 0. The molecule has 2 rings (SSSR count). The molecule has 0 fully saturated rings. The van der Waals surface area contributed by atoms with Gasteiger partial charge in [0.25, 0.3) is 0 Å². The van der Waals surface area contributed by atoms with Crippen molar-refractivity contribution in [3.05, 3.63) is 35.4 Å². The Kier molecular flexibility index (Phi) is 4.22. The molecular weight excluding hydrogens is 238 g/mol. The van der Waals surface area contributed by atoms with E-state index in [1.165, 1.54) is 11.1 Å². The smallest absolute Gasteiger partial charge is 0.237 e. The molecule has 1 heterocycles. The molecule has 0 aromatic heterocycles. The van der Waals surface area contributed by atoms with Gasteiger partial charge in [-0.25, -0.2) is 0 Å². The van der Waals surface area contributed by atoms with Crippen LogP contribution in [0.3, 0.4) is 0 Å². The Balaban J connectivity index is 1.82. The molecule has 4 N–H and O–H groups in total. The number of amides is 1. The summed E-state index contributed by atoms with van der Waals surface area (Å²) in [7, 11) is 0. The van der Waals surface area contributed by atoms with Gasteiger partial charge in [0.1, 0.15) is 0 Å². The third kappa shape index (κ3) is 3.55. The normalized spacial score (nSPS) is 18.6. The lowest BCUT2D eigenvalue weighted by Crippen LogP contribution is -2.49. The highest BCUT2D eigenvalue weighted by Crippen LogP contribution is 2.19. The minimum absolute atomic E-state index is 0.420. The first-order valence-electron chi connectivity index (χ1n) is 6.87. The molecule has 0 saturated carbocycles. The number of rotatable bonds is 5. The average molecular weight is 261 g/mol. The maximum absolute atomic E-state index is 11.2. The van der Waals surface area contributed by atoms with Gasteiger partial charge in [-0.3, -0.25) is 9.69 Å². The number of carbonyl (C=O) groups is 1. The van der Waals surface area contributed by atoms with Gasteiger partial charge in [0, 0.05) is 13.1 Å². The van der Waals surface area contributed by atoms with Gasteiger partial charge in [-0.1, -0.05) is 24.3 Å². The lowest BCUT2D eigenvalue weighted by atomic mass is 9.95. The van der Waals surface area contributed by atoms with Crippen molar-refractivity contribution in [2.75, 3.05) is 13.1 Å². The standard InChI is InChI=1S/C15H23N3O/c1-15(17,14(16)19)8-4-9-18-10-7-12-5-2-3-6-13(12)11-18/h2-3,5-6H,4,7-11,17H2,1H3,(H2,16,19). The van der Waals surface area contributed by atoms with E-state index < -0.39 is 11.4 Å². The second-order valence-corrected chi connectivity index (χ2v) is 5.68. The summed E-state index contributed by atoms with van der Waals surface area (Å²) in [5.41, 5.74) is 13.1. The van der Waals surface area contributed by atoms with Crippen LogP contribution in [-0.2, 0) is 17.8 Å². The van der Waals surface area contributed by atoms with E-state index >= 15 is 0 Å². The van der Waals surface area contributed by atoms with Crippen molar-refractivity contribution in [2.45, 2.75) is 38.3 Å². The summed E-state index contributed by atoms with van der Waals surface area (Å²) in [6.07, 6.45) is 2.64. The second-order valence-electron chi connectivity index (χ2n) is 5.68. The number of carbonyl (C=O) groups excluding carboxylic acids is 1. The van der Waals surface area contributed by atoms with Crippen LogP contribution in [0.2, 0.25) is 0 Å². The van der Waals surface area contributed by atoms with Gasteiger partial charge in [0.05, 0.1) is 5.54 Å². The number of nitrogens with zero attached hydrogens (tertiary/aromatic N) is 1. The first-order valence-corrected chi connectivity index (χ1v) is 6.87. The van der Waals surface area contributed by atoms with Crippen LogP contribution in [0.1, 0.15) is 30.9 Å². The molecule has 0 aliphatic carbocycles. The third-order valence-corrected chi connectivity index (χ3v) is 3.94. The summed E-state index contributed by atoms with van der Waals surface area (Å²) in [6, 6.07) is 8.59. The molecule has 1 atom stereocenters. The molecular formula is C15H23N3O. The Morgan fingerprint density at radius 1 is 1.37 bits per heavy atom. The van der Waals surface area contributed by atoms with Crippen molar-refractivity contribution in [3.8, 4) is 0 Å². The SMILES string of the molecule is CC(N)(CCCN1CCc2ccccc2C1)C(N)=O. The van der Waals surface area contributed by atoms with Gasteiger partial charge >= 0.3 is 0 Å². The molecule has 0 spiro atoms. The lowest BCUT2D eigenvalue weighted by Gasteiger charge is -2.29. The molecule has 0 saturated heterocycles. The molecule has 0 bridgehead atoms. The molecule has 1 aliphatic rings. The Hall–Kier alpha value is -1.39. The highest BCUT2D eigenvalue weighted by Gasteiger charge is 2.25. The van der Waals surface area contributed by atoms with Crippen molar-refractivity contribution in [1.82, 2.24) is 4.90 Å². The van der Waals surface area contributed by atoms with Crippen LogP contribution in [0.4, 0.5) is 0 Å². The zero-order valence-electron chi connectivity index (χ0n) is 11.6. The van der Waals surface area contributed by atoms with Crippen molar-refractivity contribution in [1.29, 1.82) is 0 Å². The van der Waals surface area contributed by atoms with Crippen LogP contribution in [0, 0.1) is 0 Å². The highest BCUT2D eigenvalue weighted by atomic mass is 16.1. The molecule has 1 aliphatic heterocycles. The summed E-state index contributed by atoms with van der Waals surface area (Å²) in [5.74, 6) is -0.420. The molecule has 1 unspecified atom stereocenters. The van der Waals surface area contributed by atoms with Gasteiger partial charge < -0.3 is 11.5 Å². The van der Waals surface area contributed by atoms with Crippen molar-refractivity contribution >= 4 is 5.91 Å². The third-order valence-electron chi connectivity index (χ3n) is 3.94. The predicted molar refractivity (Wildman–Crippen MR) is 76.4 cm³/mol. The number of hydrogen-bond donors (Lipinski definition) is 2. The lowest BCUT2D eigenvalue weighted by molar-refractivity contribution is -0.122. The predicted octanol–water partition coefficient (Wildman–Crippen LogP) is 1.03. The molecule has 0 radical (unpaired) electrons. The number of fused-ring (bicyclic) bond motifs is 1. The minimum atomic E-state index is -0.881. The van der Waals surface area contributed by atoms with Crippen LogP contribution >= 0.6 is 0 Å². The molecule has 1 aromatic rings. The van der Waals surface area contributed by atoms with E-state index in [9.17, 15) is 4.79 Å². The van der Waals surface area contributed by atoms with E-state index in [4.69, 9.17) is 11.5 Å². The Morgan fingerprint density at radius 2 is 2.05 bits per heavy atom. The van der Waals surface area contributed by atoms with E-state index in [2.05, 4.69) is 29.2 Å². The van der Waals surface area contributed by atoms with Crippen molar-refractivity contribution < 1.29 is 4.79 Å². The molecule has 1 aromatic carbocycles. The van der Waals surface area contributed by atoms with E-state index in [-0.39, 0.29) is 0 Å². The zero-order chi connectivity index (χ0) is 13.9. The molecule has 104 valence electrons. The monoisotopic (exact) mass is 261 g/mol. The first kappa shape index (κ1) is 14.0. The summed E-state index contributed by atoms with van der Waals surface area (Å²) >= 11 is 0. The number of nitrogens with two attached hydrogens (primary N) is 2. The number of hydrogen-bond acceptors (Lipinski definition) is 3. The Morgan fingerprint density at radius 3 is 2.74 bits per heavy atom.